The maximum Gasteiger partial charge on any atom is 0.222 e. The first-order valence-electron chi connectivity index (χ1n) is 8.97. The van der Waals surface area contributed by atoms with E-state index in [0.717, 1.165) is 49.4 Å². The first-order valence-corrected chi connectivity index (χ1v) is 8.97. The number of rotatable bonds is 5. The number of hydrogen-bond acceptors (Lipinski definition) is 3. The van der Waals surface area contributed by atoms with Crippen molar-refractivity contribution in [2.24, 2.45) is 5.92 Å². The lowest BCUT2D eigenvalue weighted by atomic mass is 9.90. The van der Waals surface area contributed by atoms with Gasteiger partial charge in [0.1, 0.15) is 11.6 Å². The van der Waals surface area contributed by atoms with Gasteiger partial charge >= 0.3 is 0 Å². The third kappa shape index (κ3) is 4.47. The monoisotopic (exact) mass is 344 g/mol. The Kier molecular flexibility index (Phi) is 5.51. The van der Waals surface area contributed by atoms with Crippen molar-refractivity contribution in [2.75, 3.05) is 13.1 Å². The number of aryl methyl sites for hydroxylation is 2. The third-order valence-electron chi connectivity index (χ3n) is 5.17. The fourth-order valence-corrected chi connectivity index (χ4v) is 3.59. The van der Waals surface area contributed by atoms with Crippen molar-refractivity contribution in [3.05, 3.63) is 52.7 Å². The van der Waals surface area contributed by atoms with Crippen LogP contribution < -0.4 is 0 Å². The van der Waals surface area contributed by atoms with Crippen molar-refractivity contribution in [3.63, 3.8) is 0 Å². The SMILES string of the molecule is Cc1noc(C)c1CCC(=O)N1CCC(Cc2ccc(F)cc2)CC1. The topological polar surface area (TPSA) is 46.3 Å². The molecule has 1 aromatic heterocycles. The molecule has 0 radical (unpaired) electrons. The zero-order chi connectivity index (χ0) is 17.8. The van der Waals surface area contributed by atoms with Gasteiger partial charge in [0.2, 0.25) is 5.91 Å². The second-order valence-electron chi connectivity index (χ2n) is 6.96. The Morgan fingerprint density at radius 1 is 1.24 bits per heavy atom. The third-order valence-corrected chi connectivity index (χ3v) is 5.17. The van der Waals surface area contributed by atoms with Gasteiger partial charge in [0.25, 0.3) is 0 Å². The fraction of sp³-hybridized carbons (Fsp3) is 0.500. The number of piperidine rings is 1. The number of halogens is 1. The lowest BCUT2D eigenvalue weighted by Gasteiger charge is -2.32. The molecule has 1 fully saturated rings. The van der Waals surface area contributed by atoms with Gasteiger partial charge in [-0.1, -0.05) is 17.3 Å². The van der Waals surface area contributed by atoms with Crippen molar-refractivity contribution < 1.29 is 13.7 Å². The van der Waals surface area contributed by atoms with Gasteiger partial charge in [0.15, 0.2) is 0 Å². The van der Waals surface area contributed by atoms with Gasteiger partial charge in [-0.3, -0.25) is 4.79 Å². The van der Waals surface area contributed by atoms with Crippen LogP contribution in [0.5, 0.6) is 0 Å². The highest BCUT2D eigenvalue weighted by atomic mass is 19.1. The molecule has 1 amide bonds. The molecule has 3 rings (SSSR count). The molecule has 1 saturated heterocycles. The van der Waals surface area contributed by atoms with E-state index in [-0.39, 0.29) is 11.7 Å². The van der Waals surface area contributed by atoms with Gasteiger partial charge in [0.05, 0.1) is 5.69 Å². The normalized spacial score (nSPS) is 15.6. The predicted molar refractivity (Wildman–Crippen MR) is 93.7 cm³/mol. The van der Waals surface area contributed by atoms with Gasteiger partial charge in [-0.2, -0.15) is 0 Å². The van der Waals surface area contributed by atoms with E-state index in [1.807, 2.05) is 30.9 Å². The highest BCUT2D eigenvalue weighted by Gasteiger charge is 2.23. The summed E-state index contributed by atoms with van der Waals surface area (Å²) in [6, 6.07) is 6.75. The Labute approximate surface area is 148 Å². The maximum absolute atomic E-state index is 13.0. The standard InChI is InChI=1S/C20H25FN2O2/c1-14-19(15(2)25-22-14)7-8-20(24)23-11-9-17(10-12-23)13-16-3-5-18(21)6-4-16/h3-6,17H,7-13H2,1-2H3. The van der Waals surface area contributed by atoms with E-state index in [1.54, 1.807) is 0 Å². The smallest absolute Gasteiger partial charge is 0.222 e. The van der Waals surface area contributed by atoms with Gasteiger partial charge in [-0.05, 0) is 63.1 Å². The molecule has 0 atom stereocenters. The average molecular weight is 344 g/mol. The molecule has 2 aromatic rings. The number of aromatic nitrogens is 1. The van der Waals surface area contributed by atoms with Gasteiger partial charge in [-0.25, -0.2) is 4.39 Å². The Balaban J connectivity index is 1.45. The minimum absolute atomic E-state index is 0.192. The zero-order valence-electron chi connectivity index (χ0n) is 14.9. The number of benzene rings is 1. The summed E-state index contributed by atoms with van der Waals surface area (Å²) in [5.41, 5.74) is 3.10. The van der Waals surface area contributed by atoms with Crippen molar-refractivity contribution in [3.8, 4) is 0 Å². The highest BCUT2D eigenvalue weighted by molar-refractivity contribution is 5.76. The molecule has 1 aliphatic heterocycles. The first-order chi connectivity index (χ1) is 12.0. The second kappa shape index (κ2) is 7.81. The van der Waals surface area contributed by atoms with Gasteiger partial charge < -0.3 is 9.42 Å². The Morgan fingerprint density at radius 3 is 2.52 bits per heavy atom. The number of likely N-dealkylation sites (tertiary alicyclic amines) is 1. The zero-order valence-corrected chi connectivity index (χ0v) is 14.9. The van der Waals surface area contributed by atoms with Crippen LogP contribution in [0.15, 0.2) is 28.8 Å². The summed E-state index contributed by atoms with van der Waals surface area (Å²) in [6.45, 7) is 5.43. The van der Waals surface area contributed by atoms with Crippen LogP contribution in [0.2, 0.25) is 0 Å². The predicted octanol–water partition coefficient (Wildman–Crippen LogP) is 3.84. The molecule has 134 valence electrons. The molecule has 1 aliphatic rings. The lowest BCUT2D eigenvalue weighted by molar-refractivity contribution is -0.132. The fourth-order valence-electron chi connectivity index (χ4n) is 3.59. The molecule has 0 saturated carbocycles. The summed E-state index contributed by atoms with van der Waals surface area (Å²) in [5, 5.41) is 3.94. The molecule has 2 heterocycles. The number of amides is 1. The van der Waals surface area contributed by atoms with E-state index in [2.05, 4.69) is 5.16 Å². The lowest BCUT2D eigenvalue weighted by Crippen LogP contribution is -2.39. The first kappa shape index (κ1) is 17.6. The summed E-state index contributed by atoms with van der Waals surface area (Å²) in [4.78, 5) is 14.4. The molecule has 0 aliphatic carbocycles. The van der Waals surface area contributed by atoms with Crippen LogP contribution in [0.3, 0.4) is 0 Å². The second-order valence-corrected chi connectivity index (χ2v) is 6.96. The molecule has 5 heteroatoms. The van der Waals surface area contributed by atoms with E-state index in [4.69, 9.17) is 4.52 Å². The molecule has 1 aromatic carbocycles. The molecule has 25 heavy (non-hydrogen) atoms. The van der Waals surface area contributed by atoms with Crippen molar-refractivity contribution in [1.82, 2.24) is 10.1 Å². The number of hydrogen-bond donors (Lipinski definition) is 0. The van der Waals surface area contributed by atoms with E-state index >= 15 is 0 Å². The number of carbonyl (C=O) groups excluding carboxylic acids is 1. The summed E-state index contributed by atoms with van der Waals surface area (Å²) < 4.78 is 18.1. The Bertz CT molecular complexity index is 696. The molecule has 0 spiro atoms. The van der Waals surface area contributed by atoms with E-state index in [9.17, 15) is 9.18 Å². The molecule has 0 bridgehead atoms. The van der Waals surface area contributed by atoms with Gasteiger partial charge in [-0.15, -0.1) is 0 Å². The quantitative estimate of drug-likeness (QED) is 0.828. The van der Waals surface area contributed by atoms with Crippen LogP contribution in [0.1, 0.15) is 41.8 Å². The van der Waals surface area contributed by atoms with Crippen LogP contribution in [-0.2, 0) is 17.6 Å². The highest BCUT2D eigenvalue weighted by Crippen LogP contribution is 2.23. The number of carbonyl (C=O) groups is 1. The largest absolute Gasteiger partial charge is 0.361 e. The summed E-state index contributed by atoms with van der Waals surface area (Å²) in [6.07, 6.45) is 4.17. The molecular formula is C20H25FN2O2. The van der Waals surface area contributed by atoms with Crippen molar-refractivity contribution in [1.29, 1.82) is 0 Å². The van der Waals surface area contributed by atoms with E-state index < -0.39 is 0 Å². The molecular weight excluding hydrogens is 319 g/mol. The summed E-state index contributed by atoms with van der Waals surface area (Å²) >= 11 is 0. The summed E-state index contributed by atoms with van der Waals surface area (Å²) in [7, 11) is 0. The minimum Gasteiger partial charge on any atom is -0.361 e. The Morgan fingerprint density at radius 2 is 1.92 bits per heavy atom. The van der Waals surface area contributed by atoms with E-state index in [0.29, 0.717) is 18.8 Å². The van der Waals surface area contributed by atoms with Crippen LogP contribution in [0, 0.1) is 25.6 Å². The molecule has 4 nitrogen and oxygen atoms in total. The average Bonchev–Trinajstić information content (AvgIpc) is 2.93. The number of nitrogens with zero attached hydrogens (tertiary/aromatic N) is 2. The van der Waals surface area contributed by atoms with Crippen molar-refractivity contribution >= 4 is 5.91 Å². The maximum atomic E-state index is 13.0. The molecule has 0 N–H and O–H groups in total. The van der Waals surface area contributed by atoms with Crippen molar-refractivity contribution in [2.45, 2.75) is 46.0 Å². The molecule has 0 unspecified atom stereocenters. The van der Waals surface area contributed by atoms with E-state index in [1.165, 1.54) is 17.7 Å². The van der Waals surface area contributed by atoms with Gasteiger partial charge in [0, 0.05) is 25.1 Å². The van der Waals surface area contributed by atoms with Crippen LogP contribution in [0.4, 0.5) is 4.39 Å². The minimum atomic E-state index is -0.192. The summed E-state index contributed by atoms with van der Waals surface area (Å²) in [5.74, 6) is 1.39. The van der Waals surface area contributed by atoms with Crippen LogP contribution >= 0.6 is 0 Å². The Hall–Kier alpha value is -2.17. The van der Waals surface area contributed by atoms with Crippen LogP contribution in [-0.4, -0.2) is 29.1 Å². The van der Waals surface area contributed by atoms with Crippen LogP contribution in [0.25, 0.3) is 0 Å².